The minimum atomic E-state index is -0.124. The first kappa shape index (κ1) is 17.1. The van der Waals surface area contributed by atoms with E-state index in [0.29, 0.717) is 13.0 Å². The molecule has 2 aromatic rings. The van der Waals surface area contributed by atoms with Crippen LogP contribution in [0, 0.1) is 45.9 Å². The highest BCUT2D eigenvalue weighted by atomic mass is 16.5. The van der Waals surface area contributed by atoms with Gasteiger partial charge in [0.05, 0.1) is 18.6 Å². The Morgan fingerprint density at radius 3 is 2.17 bits per heavy atom. The molecule has 0 fully saturated rings. The summed E-state index contributed by atoms with van der Waals surface area (Å²) in [4.78, 5) is 0. The van der Waals surface area contributed by atoms with Crippen molar-refractivity contribution in [3.05, 3.63) is 63.7 Å². The van der Waals surface area contributed by atoms with Crippen LogP contribution in [0.3, 0.4) is 0 Å². The Kier molecular flexibility index (Phi) is 5.45. The van der Waals surface area contributed by atoms with Gasteiger partial charge in [0.25, 0.3) is 0 Å². The highest BCUT2D eigenvalue weighted by Crippen LogP contribution is 2.28. The molecule has 0 aliphatic heterocycles. The summed E-state index contributed by atoms with van der Waals surface area (Å²) in [6, 6.07) is 13.0. The summed E-state index contributed by atoms with van der Waals surface area (Å²) in [5, 5.41) is 9.59. The fourth-order valence-corrected chi connectivity index (χ4v) is 3.16. The van der Waals surface area contributed by atoms with E-state index in [1.165, 1.54) is 22.3 Å². The number of hydrogen-bond donors (Lipinski definition) is 0. The molecule has 2 aromatic carbocycles. The molecule has 0 saturated heterocycles. The van der Waals surface area contributed by atoms with Gasteiger partial charge in [0.1, 0.15) is 5.75 Å². The summed E-state index contributed by atoms with van der Waals surface area (Å²) in [6.07, 6.45) is 0.703. The summed E-state index contributed by atoms with van der Waals surface area (Å²) < 4.78 is 5.92. The molecule has 1 unspecified atom stereocenters. The number of benzene rings is 2. The number of nitrogens with zero attached hydrogens (tertiary/aromatic N) is 1. The van der Waals surface area contributed by atoms with Crippen molar-refractivity contribution < 1.29 is 4.74 Å². The predicted molar refractivity (Wildman–Crippen MR) is 95.0 cm³/mol. The maximum Gasteiger partial charge on any atom is 0.122 e. The van der Waals surface area contributed by atoms with Crippen LogP contribution >= 0.6 is 0 Å². The molecule has 0 saturated carbocycles. The van der Waals surface area contributed by atoms with Gasteiger partial charge in [0.2, 0.25) is 0 Å². The molecule has 0 radical (unpaired) electrons. The molecule has 2 nitrogen and oxygen atoms in total. The number of aryl methyl sites for hydroxylation is 5. The van der Waals surface area contributed by atoms with Crippen LogP contribution in [0.4, 0.5) is 0 Å². The summed E-state index contributed by atoms with van der Waals surface area (Å²) in [7, 11) is 0. The molecule has 2 rings (SSSR count). The molecule has 0 heterocycles. The molecule has 0 aliphatic carbocycles. The van der Waals surface area contributed by atoms with E-state index in [0.717, 1.165) is 16.9 Å². The second-order valence-corrected chi connectivity index (χ2v) is 6.40. The van der Waals surface area contributed by atoms with Gasteiger partial charge in [-0.25, -0.2) is 0 Å². The van der Waals surface area contributed by atoms with E-state index in [9.17, 15) is 5.26 Å². The number of rotatable bonds is 5. The van der Waals surface area contributed by atoms with Gasteiger partial charge in [0, 0.05) is 6.42 Å². The van der Waals surface area contributed by atoms with E-state index < -0.39 is 0 Å². The molecule has 0 N–H and O–H groups in total. The van der Waals surface area contributed by atoms with Crippen LogP contribution < -0.4 is 4.74 Å². The molecule has 23 heavy (non-hydrogen) atoms. The second kappa shape index (κ2) is 7.33. The SMILES string of the molecule is Cc1cc(C)c(C(C#N)CCOc2cc(C)ccc2C)c(C)c1. The fourth-order valence-electron chi connectivity index (χ4n) is 3.16. The largest absolute Gasteiger partial charge is 0.493 e. The van der Waals surface area contributed by atoms with Gasteiger partial charge in [-0.1, -0.05) is 29.8 Å². The van der Waals surface area contributed by atoms with Crippen molar-refractivity contribution in [1.29, 1.82) is 5.26 Å². The topological polar surface area (TPSA) is 33.0 Å². The quantitative estimate of drug-likeness (QED) is 0.750. The Labute approximate surface area is 139 Å². The zero-order chi connectivity index (χ0) is 17.0. The molecular weight excluding hydrogens is 282 g/mol. The third-order valence-electron chi connectivity index (χ3n) is 4.25. The predicted octanol–water partition coefficient (Wildman–Crippen LogP) is 5.30. The van der Waals surface area contributed by atoms with E-state index in [4.69, 9.17) is 4.74 Å². The van der Waals surface area contributed by atoms with E-state index in [2.05, 4.69) is 64.1 Å². The van der Waals surface area contributed by atoms with Crippen molar-refractivity contribution in [1.82, 2.24) is 0 Å². The zero-order valence-electron chi connectivity index (χ0n) is 14.7. The molecule has 2 heteroatoms. The minimum absolute atomic E-state index is 0.124. The second-order valence-electron chi connectivity index (χ2n) is 6.40. The Morgan fingerprint density at radius 1 is 0.913 bits per heavy atom. The van der Waals surface area contributed by atoms with Gasteiger partial charge < -0.3 is 4.74 Å². The molecule has 0 spiro atoms. The average molecular weight is 307 g/mol. The minimum Gasteiger partial charge on any atom is -0.493 e. The summed E-state index contributed by atoms with van der Waals surface area (Å²) in [6.45, 7) is 10.9. The van der Waals surface area contributed by atoms with Crippen LogP contribution in [-0.2, 0) is 0 Å². The van der Waals surface area contributed by atoms with E-state index in [-0.39, 0.29) is 5.92 Å². The first-order valence-electron chi connectivity index (χ1n) is 8.09. The van der Waals surface area contributed by atoms with Gasteiger partial charge in [-0.2, -0.15) is 5.26 Å². The molecule has 0 aromatic heterocycles. The highest BCUT2D eigenvalue weighted by molar-refractivity contribution is 5.42. The number of ether oxygens (including phenoxy) is 1. The number of hydrogen-bond acceptors (Lipinski definition) is 2. The van der Waals surface area contributed by atoms with Crippen LogP contribution in [0.15, 0.2) is 30.3 Å². The number of nitriles is 1. The normalized spacial score (nSPS) is 11.8. The van der Waals surface area contributed by atoms with Crippen molar-refractivity contribution in [2.45, 2.75) is 47.0 Å². The molecule has 0 amide bonds. The Bertz CT molecular complexity index is 717. The third-order valence-corrected chi connectivity index (χ3v) is 4.25. The van der Waals surface area contributed by atoms with Crippen molar-refractivity contribution >= 4 is 0 Å². The van der Waals surface area contributed by atoms with Crippen LogP contribution in [0.5, 0.6) is 5.75 Å². The summed E-state index contributed by atoms with van der Waals surface area (Å²) in [5.74, 6) is 0.791. The van der Waals surface area contributed by atoms with Gasteiger partial charge in [-0.3, -0.25) is 0 Å². The van der Waals surface area contributed by atoms with E-state index >= 15 is 0 Å². The Balaban J connectivity index is 2.10. The lowest BCUT2D eigenvalue weighted by molar-refractivity contribution is 0.303. The van der Waals surface area contributed by atoms with E-state index in [1.807, 2.05) is 6.92 Å². The van der Waals surface area contributed by atoms with Gasteiger partial charge >= 0.3 is 0 Å². The molecular formula is C21H25NO. The third kappa shape index (κ3) is 4.13. The van der Waals surface area contributed by atoms with Crippen molar-refractivity contribution in [2.24, 2.45) is 0 Å². The van der Waals surface area contributed by atoms with Crippen molar-refractivity contribution in [3.63, 3.8) is 0 Å². The first-order chi connectivity index (χ1) is 10.9. The molecule has 120 valence electrons. The van der Waals surface area contributed by atoms with Crippen LogP contribution in [-0.4, -0.2) is 6.61 Å². The van der Waals surface area contributed by atoms with Crippen molar-refractivity contribution in [3.8, 4) is 11.8 Å². The summed E-state index contributed by atoms with van der Waals surface area (Å²) >= 11 is 0. The zero-order valence-corrected chi connectivity index (χ0v) is 14.7. The standard InChI is InChI=1S/C21H25NO/c1-14-6-7-16(3)20(12-14)23-9-8-19(13-22)21-17(4)10-15(2)11-18(21)5/h6-7,10-12,19H,8-9H2,1-5H3. The summed E-state index contributed by atoms with van der Waals surface area (Å²) in [5.41, 5.74) is 7.11. The molecule has 1 atom stereocenters. The smallest absolute Gasteiger partial charge is 0.122 e. The first-order valence-corrected chi connectivity index (χ1v) is 8.09. The van der Waals surface area contributed by atoms with Gasteiger partial charge in [-0.15, -0.1) is 0 Å². The lowest BCUT2D eigenvalue weighted by Gasteiger charge is -2.17. The van der Waals surface area contributed by atoms with Crippen LogP contribution in [0.1, 0.15) is 45.7 Å². The van der Waals surface area contributed by atoms with Gasteiger partial charge in [0.15, 0.2) is 0 Å². The lowest BCUT2D eigenvalue weighted by atomic mass is 9.88. The van der Waals surface area contributed by atoms with Gasteiger partial charge in [-0.05, 0) is 68.5 Å². The highest BCUT2D eigenvalue weighted by Gasteiger charge is 2.16. The van der Waals surface area contributed by atoms with E-state index in [1.54, 1.807) is 0 Å². The Morgan fingerprint density at radius 2 is 1.57 bits per heavy atom. The average Bonchev–Trinajstić information content (AvgIpc) is 2.48. The molecule has 0 bridgehead atoms. The van der Waals surface area contributed by atoms with Crippen molar-refractivity contribution in [2.75, 3.05) is 6.61 Å². The van der Waals surface area contributed by atoms with Crippen LogP contribution in [0.2, 0.25) is 0 Å². The van der Waals surface area contributed by atoms with Crippen LogP contribution in [0.25, 0.3) is 0 Å². The Hall–Kier alpha value is -2.27. The maximum atomic E-state index is 9.59. The molecule has 0 aliphatic rings. The fraction of sp³-hybridized carbons (Fsp3) is 0.381. The lowest BCUT2D eigenvalue weighted by Crippen LogP contribution is -2.08. The maximum absolute atomic E-state index is 9.59. The monoisotopic (exact) mass is 307 g/mol.